The van der Waals surface area contributed by atoms with Crippen molar-refractivity contribution < 1.29 is 19.6 Å². The van der Waals surface area contributed by atoms with E-state index in [1.165, 1.54) is 25.7 Å². The average molecular weight is 385 g/mol. The van der Waals surface area contributed by atoms with Gasteiger partial charge in [-0.05, 0) is 81.5 Å². The predicted molar refractivity (Wildman–Crippen MR) is 109 cm³/mol. The molecule has 0 amide bonds. The van der Waals surface area contributed by atoms with Crippen LogP contribution < -0.4 is 0 Å². The maximum atomic E-state index is 5.63. The van der Waals surface area contributed by atoms with Gasteiger partial charge in [-0.3, -0.25) is 0 Å². The molecule has 0 aliphatic heterocycles. The lowest BCUT2D eigenvalue weighted by atomic mass is 9.60. The van der Waals surface area contributed by atoms with Gasteiger partial charge in [0.25, 0.3) is 0 Å². The highest BCUT2D eigenvalue weighted by atomic mass is 17.2. The Morgan fingerprint density at radius 1 is 0.630 bits per heavy atom. The van der Waals surface area contributed by atoms with Crippen molar-refractivity contribution in [3.05, 3.63) is 0 Å². The van der Waals surface area contributed by atoms with Crippen LogP contribution in [0.1, 0.15) is 105 Å². The van der Waals surface area contributed by atoms with Crippen molar-refractivity contribution in [2.75, 3.05) is 13.2 Å². The zero-order chi connectivity index (χ0) is 19.5. The van der Waals surface area contributed by atoms with Crippen LogP contribution in [0.25, 0.3) is 0 Å². The van der Waals surface area contributed by atoms with Crippen molar-refractivity contribution in [1.29, 1.82) is 0 Å². The first kappa shape index (κ1) is 23.1. The number of hydrogen-bond donors (Lipinski definition) is 0. The molecule has 2 saturated carbocycles. The predicted octanol–water partition coefficient (Wildman–Crippen LogP) is 6.63. The Hall–Kier alpha value is -0.160. The molecule has 160 valence electrons. The Morgan fingerprint density at radius 2 is 1.00 bits per heavy atom. The van der Waals surface area contributed by atoms with Gasteiger partial charge in [-0.25, -0.2) is 19.6 Å². The van der Waals surface area contributed by atoms with Gasteiger partial charge in [0.05, 0.1) is 25.4 Å². The molecule has 2 aliphatic carbocycles. The Labute approximate surface area is 167 Å². The molecule has 0 heterocycles. The second-order valence-corrected chi connectivity index (χ2v) is 9.31. The van der Waals surface area contributed by atoms with Gasteiger partial charge < -0.3 is 0 Å². The van der Waals surface area contributed by atoms with E-state index < -0.39 is 0 Å². The summed E-state index contributed by atoms with van der Waals surface area (Å²) in [6.07, 6.45) is 14.7. The first-order chi connectivity index (χ1) is 13.1. The standard InChI is InChI=1S/C23H44O4/c1-5-7-17-24-26-21-13-9-19(10-14-21)23(3,4)20-11-15-22(16-12-20)27-25-18-8-6-2/h19-22H,5-18H2,1-4H3. The maximum Gasteiger partial charge on any atom is 0.0930 e. The monoisotopic (exact) mass is 384 g/mol. The summed E-state index contributed by atoms with van der Waals surface area (Å²) in [5, 5.41) is 0. The molecular weight excluding hydrogens is 340 g/mol. The molecule has 0 aromatic heterocycles. The summed E-state index contributed by atoms with van der Waals surface area (Å²) < 4.78 is 0. The van der Waals surface area contributed by atoms with Crippen LogP contribution >= 0.6 is 0 Å². The van der Waals surface area contributed by atoms with Gasteiger partial charge in [-0.15, -0.1) is 0 Å². The fourth-order valence-corrected chi connectivity index (χ4v) is 4.83. The molecule has 0 spiro atoms. The van der Waals surface area contributed by atoms with Crippen LogP contribution in [0.15, 0.2) is 0 Å². The van der Waals surface area contributed by atoms with Crippen molar-refractivity contribution >= 4 is 0 Å². The molecule has 4 heteroatoms. The van der Waals surface area contributed by atoms with Gasteiger partial charge in [0.1, 0.15) is 0 Å². The zero-order valence-electron chi connectivity index (χ0n) is 18.3. The SMILES string of the molecule is CCCCOOC1CCC(C(C)(C)C2CCC(OOCCCC)CC2)CC1. The van der Waals surface area contributed by atoms with Crippen LogP contribution in [-0.4, -0.2) is 25.4 Å². The fourth-order valence-electron chi connectivity index (χ4n) is 4.83. The van der Waals surface area contributed by atoms with E-state index in [4.69, 9.17) is 19.6 Å². The Kier molecular flexibility index (Phi) is 10.6. The smallest absolute Gasteiger partial charge is 0.0930 e. The molecule has 2 aliphatic rings. The normalized spacial score (nSPS) is 29.8. The number of hydrogen-bond acceptors (Lipinski definition) is 4. The first-order valence-electron chi connectivity index (χ1n) is 11.6. The highest BCUT2D eigenvalue weighted by Crippen LogP contribution is 2.48. The third-order valence-corrected chi connectivity index (χ3v) is 7.02. The van der Waals surface area contributed by atoms with Crippen LogP contribution in [0, 0.1) is 17.3 Å². The quantitative estimate of drug-likeness (QED) is 0.215. The third-order valence-electron chi connectivity index (χ3n) is 7.02. The van der Waals surface area contributed by atoms with Crippen molar-refractivity contribution in [3.8, 4) is 0 Å². The molecule has 2 fully saturated rings. The molecule has 0 unspecified atom stereocenters. The lowest BCUT2D eigenvalue weighted by Crippen LogP contribution is -2.39. The van der Waals surface area contributed by atoms with Crippen LogP contribution in [-0.2, 0) is 19.6 Å². The molecule has 2 rings (SSSR count). The van der Waals surface area contributed by atoms with E-state index in [-0.39, 0.29) is 0 Å². The van der Waals surface area contributed by atoms with E-state index in [1.807, 2.05) is 0 Å². The van der Waals surface area contributed by atoms with Crippen molar-refractivity contribution in [2.45, 2.75) is 117 Å². The molecular formula is C23H44O4. The number of unbranched alkanes of at least 4 members (excludes halogenated alkanes) is 2. The van der Waals surface area contributed by atoms with E-state index in [0.717, 1.165) is 76.4 Å². The Morgan fingerprint density at radius 3 is 1.33 bits per heavy atom. The lowest BCUT2D eigenvalue weighted by molar-refractivity contribution is -0.332. The van der Waals surface area contributed by atoms with Crippen LogP contribution in [0.2, 0.25) is 0 Å². The molecule has 27 heavy (non-hydrogen) atoms. The summed E-state index contributed by atoms with van der Waals surface area (Å²) >= 11 is 0. The van der Waals surface area contributed by atoms with Gasteiger partial charge in [-0.2, -0.15) is 0 Å². The first-order valence-corrected chi connectivity index (χ1v) is 11.6. The highest BCUT2D eigenvalue weighted by Gasteiger charge is 2.41. The average Bonchev–Trinajstić information content (AvgIpc) is 2.69. The minimum Gasteiger partial charge on any atom is -0.236 e. The number of rotatable bonds is 12. The molecule has 0 radical (unpaired) electrons. The molecule has 4 nitrogen and oxygen atoms in total. The highest BCUT2D eigenvalue weighted by molar-refractivity contribution is 4.90. The second-order valence-electron chi connectivity index (χ2n) is 9.31. The summed E-state index contributed by atoms with van der Waals surface area (Å²) in [7, 11) is 0. The summed E-state index contributed by atoms with van der Waals surface area (Å²) in [6.45, 7) is 10.8. The van der Waals surface area contributed by atoms with Crippen LogP contribution in [0.4, 0.5) is 0 Å². The third kappa shape index (κ3) is 7.64. The van der Waals surface area contributed by atoms with Gasteiger partial charge >= 0.3 is 0 Å². The molecule has 0 saturated heterocycles. The molecule has 0 aromatic rings. The van der Waals surface area contributed by atoms with E-state index in [9.17, 15) is 0 Å². The second kappa shape index (κ2) is 12.4. The van der Waals surface area contributed by atoms with E-state index in [0.29, 0.717) is 17.6 Å². The zero-order valence-corrected chi connectivity index (χ0v) is 18.3. The van der Waals surface area contributed by atoms with Crippen LogP contribution in [0.5, 0.6) is 0 Å². The largest absolute Gasteiger partial charge is 0.236 e. The van der Waals surface area contributed by atoms with E-state index in [2.05, 4.69) is 27.7 Å². The topological polar surface area (TPSA) is 36.9 Å². The van der Waals surface area contributed by atoms with Crippen molar-refractivity contribution in [3.63, 3.8) is 0 Å². The summed E-state index contributed by atoms with van der Waals surface area (Å²) in [5.41, 5.74) is 0.405. The minimum absolute atomic E-state index is 0.304. The van der Waals surface area contributed by atoms with Crippen molar-refractivity contribution in [1.82, 2.24) is 0 Å². The molecule has 0 N–H and O–H groups in total. The Balaban J connectivity index is 1.66. The lowest BCUT2D eigenvalue weighted by Gasteiger charge is -2.46. The maximum absolute atomic E-state index is 5.63. The van der Waals surface area contributed by atoms with Gasteiger partial charge in [0.15, 0.2) is 0 Å². The Bertz CT molecular complexity index is 335. The minimum atomic E-state index is 0.304. The summed E-state index contributed by atoms with van der Waals surface area (Å²) in [4.78, 5) is 22.0. The fraction of sp³-hybridized carbons (Fsp3) is 1.00. The van der Waals surface area contributed by atoms with Gasteiger partial charge in [-0.1, -0.05) is 40.5 Å². The van der Waals surface area contributed by atoms with Crippen LogP contribution in [0.3, 0.4) is 0 Å². The van der Waals surface area contributed by atoms with E-state index >= 15 is 0 Å². The van der Waals surface area contributed by atoms with Gasteiger partial charge in [0, 0.05) is 0 Å². The molecule has 0 atom stereocenters. The van der Waals surface area contributed by atoms with Crippen molar-refractivity contribution in [2.24, 2.45) is 17.3 Å². The summed E-state index contributed by atoms with van der Waals surface area (Å²) in [5.74, 6) is 1.60. The van der Waals surface area contributed by atoms with E-state index in [1.54, 1.807) is 0 Å². The molecule has 0 bridgehead atoms. The summed E-state index contributed by atoms with van der Waals surface area (Å²) in [6, 6.07) is 0. The molecule has 0 aromatic carbocycles. The van der Waals surface area contributed by atoms with Gasteiger partial charge in [0.2, 0.25) is 0 Å².